The van der Waals surface area contributed by atoms with E-state index in [0.29, 0.717) is 5.82 Å². The van der Waals surface area contributed by atoms with Gasteiger partial charge in [0.25, 0.3) is 5.91 Å². The van der Waals surface area contributed by atoms with Crippen molar-refractivity contribution in [2.45, 2.75) is 6.92 Å². The highest BCUT2D eigenvalue weighted by Gasteiger charge is 2.21. The van der Waals surface area contributed by atoms with Crippen LogP contribution in [0, 0.1) is 6.92 Å². The number of aryl methyl sites for hydroxylation is 2. The van der Waals surface area contributed by atoms with E-state index in [9.17, 15) is 9.59 Å². The van der Waals surface area contributed by atoms with E-state index in [4.69, 9.17) is 5.11 Å². The molecule has 20 heavy (non-hydrogen) atoms. The second kappa shape index (κ2) is 5.16. The fraction of sp³-hybridized carbons (Fsp3) is 0.214. The second-order valence-corrected chi connectivity index (χ2v) is 4.48. The van der Waals surface area contributed by atoms with Gasteiger partial charge < -0.3 is 5.11 Å². The highest BCUT2D eigenvalue weighted by molar-refractivity contribution is 6.11. The molecule has 104 valence electrons. The van der Waals surface area contributed by atoms with E-state index in [1.165, 1.54) is 17.0 Å². The van der Waals surface area contributed by atoms with Crippen LogP contribution in [0.1, 0.15) is 26.4 Å². The Kier molecular flexibility index (Phi) is 3.56. The molecule has 1 heterocycles. The molecule has 6 heteroatoms. The summed E-state index contributed by atoms with van der Waals surface area (Å²) < 4.78 is 1.58. The summed E-state index contributed by atoms with van der Waals surface area (Å²) in [4.78, 5) is 25.0. The highest BCUT2D eigenvalue weighted by Crippen LogP contribution is 2.18. The summed E-state index contributed by atoms with van der Waals surface area (Å²) in [5.74, 6) is -0.901. The number of hydrogen-bond acceptors (Lipinski definition) is 3. The van der Waals surface area contributed by atoms with Crippen LogP contribution in [0.2, 0.25) is 0 Å². The van der Waals surface area contributed by atoms with E-state index in [1.54, 1.807) is 37.0 Å². The molecular weight excluding hydrogens is 258 g/mol. The third kappa shape index (κ3) is 2.40. The molecule has 0 bridgehead atoms. The Morgan fingerprint density at radius 3 is 2.35 bits per heavy atom. The minimum absolute atomic E-state index is 0.0109. The molecule has 0 saturated carbocycles. The van der Waals surface area contributed by atoms with Crippen molar-refractivity contribution in [3.05, 3.63) is 47.2 Å². The van der Waals surface area contributed by atoms with Crippen molar-refractivity contribution in [2.75, 3.05) is 11.9 Å². The Morgan fingerprint density at radius 1 is 1.25 bits per heavy atom. The number of carboxylic acids is 1. The van der Waals surface area contributed by atoms with Gasteiger partial charge in [-0.05, 0) is 19.1 Å². The quantitative estimate of drug-likeness (QED) is 0.923. The summed E-state index contributed by atoms with van der Waals surface area (Å²) in [7, 11) is 3.33. The number of carboxylic acid groups (broad SMARTS) is 1. The van der Waals surface area contributed by atoms with Crippen molar-refractivity contribution in [3.8, 4) is 0 Å². The van der Waals surface area contributed by atoms with Crippen molar-refractivity contribution in [1.29, 1.82) is 0 Å². The van der Waals surface area contributed by atoms with Crippen molar-refractivity contribution in [1.82, 2.24) is 9.78 Å². The topological polar surface area (TPSA) is 75.4 Å². The van der Waals surface area contributed by atoms with Gasteiger partial charge in [-0.3, -0.25) is 14.4 Å². The summed E-state index contributed by atoms with van der Waals surface area (Å²) in [6.07, 6.45) is 0. The summed E-state index contributed by atoms with van der Waals surface area (Å²) in [5, 5.41) is 13.3. The van der Waals surface area contributed by atoms with E-state index in [-0.39, 0.29) is 17.0 Å². The number of benzene rings is 1. The molecule has 0 aliphatic heterocycles. The minimum Gasteiger partial charge on any atom is -0.478 e. The largest absolute Gasteiger partial charge is 0.478 e. The van der Waals surface area contributed by atoms with Crippen molar-refractivity contribution >= 4 is 17.7 Å². The molecule has 0 radical (unpaired) electrons. The van der Waals surface area contributed by atoms with Crippen LogP contribution in [0.5, 0.6) is 0 Å². The first-order chi connectivity index (χ1) is 9.41. The number of anilines is 1. The van der Waals surface area contributed by atoms with Gasteiger partial charge in [0.05, 0.1) is 16.8 Å². The molecule has 0 spiro atoms. The number of aromatic carboxylic acids is 1. The lowest BCUT2D eigenvalue weighted by Gasteiger charge is -2.18. The van der Waals surface area contributed by atoms with E-state index in [2.05, 4.69) is 5.10 Å². The van der Waals surface area contributed by atoms with E-state index < -0.39 is 5.97 Å². The zero-order valence-corrected chi connectivity index (χ0v) is 11.5. The Labute approximate surface area is 116 Å². The van der Waals surface area contributed by atoms with Gasteiger partial charge in [0, 0.05) is 20.2 Å². The first kappa shape index (κ1) is 13.8. The first-order valence-corrected chi connectivity index (χ1v) is 6.03. The smallest absolute Gasteiger partial charge is 0.336 e. The van der Waals surface area contributed by atoms with E-state index >= 15 is 0 Å². The number of aromatic nitrogens is 2. The lowest BCUT2D eigenvalue weighted by molar-refractivity contribution is 0.0692. The van der Waals surface area contributed by atoms with Crippen LogP contribution < -0.4 is 4.90 Å². The zero-order chi connectivity index (χ0) is 14.9. The van der Waals surface area contributed by atoms with Crippen molar-refractivity contribution in [3.63, 3.8) is 0 Å². The lowest BCUT2D eigenvalue weighted by Crippen LogP contribution is -2.29. The Bertz CT molecular complexity index is 676. The molecule has 0 aliphatic carbocycles. The first-order valence-electron chi connectivity index (χ1n) is 6.03. The molecule has 1 N–H and O–H groups in total. The van der Waals surface area contributed by atoms with Gasteiger partial charge in [-0.25, -0.2) is 4.79 Å². The van der Waals surface area contributed by atoms with Gasteiger partial charge in [-0.2, -0.15) is 5.10 Å². The Hall–Kier alpha value is -2.63. The molecule has 1 aromatic heterocycles. The molecule has 0 unspecified atom stereocenters. The minimum atomic E-state index is -1.12. The summed E-state index contributed by atoms with van der Waals surface area (Å²) in [6.45, 7) is 1.83. The van der Waals surface area contributed by atoms with Crippen LogP contribution >= 0.6 is 0 Å². The summed E-state index contributed by atoms with van der Waals surface area (Å²) in [5.41, 5.74) is 0.929. The van der Waals surface area contributed by atoms with Gasteiger partial charge in [0.1, 0.15) is 5.82 Å². The molecule has 6 nitrogen and oxygen atoms in total. The third-order valence-electron chi connectivity index (χ3n) is 3.01. The van der Waals surface area contributed by atoms with Crippen LogP contribution in [0.3, 0.4) is 0 Å². The number of amides is 1. The van der Waals surface area contributed by atoms with E-state index in [1.807, 2.05) is 6.92 Å². The van der Waals surface area contributed by atoms with Crippen LogP contribution in [-0.2, 0) is 7.05 Å². The fourth-order valence-electron chi connectivity index (χ4n) is 2.05. The highest BCUT2D eigenvalue weighted by atomic mass is 16.4. The SMILES string of the molecule is Cc1cc(N(C)C(=O)c2ccccc2C(=O)O)n(C)n1. The molecule has 1 amide bonds. The van der Waals surface area contributed by atoms with Gasteiger partial charge in [-0.15, -0.1) is 0 Å². The molecule has 0 saturated heterocycles. The molecular formula is C14H15N3O3. The molecule has 0 atom stereocenters. The van der Waals surface area contributed by atoms with Crippen LogP contribution in [0.4, 0.5) is 5.82 Å². The van der Waals surface area contributed by atoms with Crippen molar-refractivity contribution < 1.29 is 14.7 Å². The number of carbonyl (C=O) groups excluding carboxylic acids is 1. The van der Waals surface area contributed by atoms with Gasteiger partial charge in [0.2, 0.25) is 0 Å². The van der Waals surface area contributed by atoms with Crippen molar-refractivity contribution in [2.24, 2.45) is 7.05 Å². The maximum atomic E-state index is 12.5. The second-order valence-electron chi connectivity index (χ2n) is 4.48. The average molecular weight is 273 g/mol. The molecule has 0 aliphatic rings. The van der Waals surface area contributed by atoms with Gasteiger partial charge in [0.15, 0.2) is 0 Å². The van der Waals surface area contributed by atoms with Gasteiger partial charge >= 0.3 is 5.97 Å². The fourth-order valence-corrected chi connectivity index (χ4v) is 2.05. The summed E-state index contributed by atoms with van der Waals surface area (Å²) in [6, 6.07) is 7.92. The monoisotopic (exact) mass is 273 g/mol. The molecule has 2 aromatic rings. The maximum Gasteiger partial charge on any atom is 0.336 e. The number of hydrogen-bond donors (Lipinski definition) is 1. The number of nitrogens with zero attached hydrogens (tertiary/aromatic N) is 3. The number of carbonyl (C=O) groups is 2. The summed E-state index contributed by atoms with van der Waals surface area (Å²) >= 11 is 0. The molecule has 0 fully saturated rings. The average Bonchev–Trinajstić information content (AvgIpc) is 2.76. The molecule has 1 aromatic carbocycles. The predicted molar refractivity (Wildman–Crippen MR) is 74.1 cm³/mol. The molecule has 2 rings (SSSR count). The Morgan fingerprint density at radius 2 is 1.85 bits per heavy atom. The van der Waals surface area contributed by atoms with Gasteiger partial charge in [-0.1, -0.05) is 12.1 Å². The predicted octanol–water partition coefficient (Wildman–Crippen LogP) is 1.70. The number of rotatable bonds is 3. The normalized spacial score (nSPS) is 10.3. The zero-order valence-electron chi connectivity index (χ0n) is 11.5. The lowest BCUT2D eigenvalue weighted by atomic mass is 10.1. The maximum absolute atomic E-state index is 12.5. The third-order valence-corrected chi connectivity index (χ3v) is 3.01. The Balaban J connectivity index is 2.41. The van der Waals surface area contributed by atoms with E-state index in [0.717, 1.165) is 5.69 Å². The van der Waals surface area contributed by atoms with Crippen LogP contribution in [-0.4, -0.2) is 33.8 Å². The van der Waals surface area contributed by atoms with Crippen LogP contribution in [0.25, 0.3) is 0 Å². The standard InChI is InChI=1S/C14H15N3O3/c1-9-8-12(17(3)15-9)16(2)13(18)10-6-4-5-7-11(10)14(19)20/h4-8H,1-3H3,(H,19,20). The van der Waals surface area contributed by atoms with Crippen LogP contribution in [0.15, 0.2) is 30.3 Å².